The number of hydrogen-bond donors (Lipinski definition) is 0. The molecule has 0 fully saturated rings. The summed E-state index contributed by atoms with van der Waals surface area (Å²) in [7, 11) is 0. The standard InChI is InChI=1S/C54H34N2O/c1-3-13-35(14-4-1)37-17-11-18-41(31-37)55-47-21-9-7-19-42(47)44-32-39(25-28-49(44)55)40-26-29-50-45(33-40)43-20-8-10-22-48(43)56(50)51-23-12-24-53-54(51)46-34-38(27-30-52(46)57-53)36-15-5-2-6-16-36/h1-34H. The van der Waals surface area contributed by atoms with Crippen LogP contribution >= 0.6 is 0 Å². The largest absolute Gasteiger partial charge is 0.456 e. The summed E-state index contributed by atoms with van der Waals surface area (Å²) in [4.78, 5) is 0. The van der Waals surface area contributed by atoms with Crippen LogP contribution in [0.25, 0.3) is 110 Å². The molecule has 3 heterocycles. The van der Waals surface area contributed by atoms with Crippen LogP contribution in [0.1, 0.15) is 0 Å². The Labute approximate surface area is 328 Å². The van der Waals surface area contributed by atoms with Crippen LogP contribution in [0.2, 0.25) is 0 Å². The van der Waals surface area contributed by atoms with Gasteiger partial charge in [0.05, 0.1) is 33.1 Å². The maximum Gasteiger partial charge on any atom is 0.137 e. The van der Waals surface area contributed by atoms with Gasteiger partial charge in [0.25, 0.3) is 0 Å². The molecule has 0 aliphatic carbocycles. The van der Waals surface area contributed by atoms with Gasteiger partial charge in [-0.1, -0.05) is 133 Å². The Bertz CT molecular complexity index is 3510. The molecule has 0 saturated heterocycles. The highest BCUT2D eigenvalue weighted by Gasteiger charge is 2.20. The smallest absolute Gasteiger partial charge is 0.137 e. The lowest BCUT2D eigenvalue weighted by molar-refractivity contribution is 0.669. The maximum atomic E-state index is 6.49. The van der Waals surface area contributed by atoms with Crippen LogP contribution in [0.5, 0.6) is 0 Å². The van der Waals surface area contributed by atoms with Crippen molar-refractivity contribution in [2.45, 2.75) is 0 Å². The number of hydrogen-bond acceptors (Lipinski definition) is 1. The summed E-state index contributed by atoms with van der Waals surface area (Å²) in [6.45, 7) is 0. The summed E-state index contributed by atoms with van der Waals surface area (Å²) in [5.41, 5.74) is 15.9. The van der Waals surface area contributed by atoms with Crippen molar-refractivity contribution in [3.63, 3.8) is 0 Å². The molecule has 12 aromatic rings. The van der Waals surface area contributed by atoms with Gasteiger partial charge in [-0.25, -0.2) is 0 Å². The van der Waals surface area contributed by atoms with Gasteiger partial charge in [0.2, 0.25) is 0 Å². The molecule has 0 aliphatic heterocycles. The molecule has 12 rings (SSSR count). The van der Waals surface area contributed by atoms with Crippen LogP contribution in [0.15, 0.2) is 211 Å². The number of para-hydroxylation sites is 2. The normalized spacial score (nSPS) is 11.9. The van der Waals surface area contributed by atoms with Crippen LogP contribution in [0.4, 0.5) is 0 Å². The van der Waals surface area contributed by atoms with Crippen LogP contribution in [0, 0.1) is 0 Å². The van der Waals surface area contributed by atoms with Crippen molar-refractivity contribution in [3.05, 3.63) is 206 Å². The molecule has 3 nitrogen and oxygen atoms in total. The van der Waals surface area contributed by atoms with E-state index < -0.39 is 0 Å². The van der Waals surface area contributed by atoms with Gasteiger partial charge in [0.1, 0.15) is 11.2 Å². The molecule has 0 bridgehead atoms. The van der Waals surface area contributed by atoms with Gasteiger partial charge in [-0.05, 0) is 106 Å². The zero-order valence-electron chi connectivity index (χ0n) is 30.9. The fourth-order valence-corrected chi connectivity index (χ4v) is 9.10. The molecule has 266 valence electrons. The van der Waals surface area contributed by atoms with Gasteiger partial charge in [0, 0.05) is 32.6 Å². The summed E-state index contributed by atoms with van der Waals surface area (Å²) in [5.74, 6) is 0. The van der Waals surface area contributed by atoms with E-state index in [-0.39, 0.29) is 0 Å². The average Bonchev–Trinajstić information content (AvgIpc) is 3.94. The van der Waals surface area contributed by atoms with Crippen molar-refractivity contribution < 1.29 is 4.42 Å². The van der Waals surface area contributed by atoms with Gasteiger partial charge < -0.3 is 13.6 Å². The first-order valence-electron chi connectivity index (χ1n) is 19.5. The van der Waals surface area contributed by atoms with E-state index in [1.54, 1.807) is 0 Å². The van der Waals surface area contributed by atoms with E-state index in [1.165, 1.54) is 71.5 Å². The predicted molar refractivity (Wildman–Crippen MR) is 239 cm³/mol. The zero-order valence-corrected chi connectivity index (χ0v) is 30.9. The molecule has 0 saturated carbocycles. The molecular formula is C54H34N2O. The minimum atomic E-state index is 0.884. The molecule has 0 radical (unpaired) electrons. The highest BCUT2D eigenvalue weighted by Crippen LogP contribution is 2.42. The topological polar surface area (TPSA) is 23.0 Å². The van der Waals surface area contributed by atoms with E-state index in [2.05, 4.69) is 215 Å². The number of nitrogens with zero attached hydrogens (tertiary/aromatic N) is 2. The molecule has 0 atom stereocenters. The fraction of sp³-hybridized carbons (Fsp3) is 0. The Hall–Kier alpha value is -7.62. The van der Waals surface area contributed by atoms with Crippen molar-refractivity contribution >= 4 is 65.6 Å². The highest BCUT2D eigenvalue weighted by molar-refractivity contribution is 6.16. The minimum absolute atomic E-state index is 0.884. The van der Waals surface area contributed by atoms with Gasteiger partial charge in [-0.2, -0.15) is 0 Å². The van der Waals surface area contributed by atoms with Crippen molar-refractivity contribution in [1.29, 1.82) is 0 Å². The highest BCUT2D eigenvalue weighted by atomic mass is 16.3. The Morgan fingerprint density at radius 1 is 0.281 bits per heavy atom. The number of furan rings is 1. The molecular weight excluding hydrogens is 693 g/mol. The molecule has 0 spiro atoms. The molecule has 3 heteroatoms. The van der Waals surface area contributed by atoms with Gasteiger partial charge in [-0.3, -0.25) is 0 Å². The van der Waals surface area contributed by atoms with E-state index in [4.69, 9.17) is 4.42 Å². The van der Waals surface area contributed by atoms with Gasteiger partial charge in [-0.15, -0.1) is 0 Å². The number of fused-ring (bicyclic) bond motifs is 9. The third-order valence-electron chi connectivity index (χ3n) is 11.7. The van der Waals surface area contributed by atoms with E-state index >= 15 is 0 Å². The summed E-state index contributed by atoms with van der Waals surface area (Å²) < 4.78 is 11.3. The molecule has 0 aliphatic rings. The second-order valence-corrected chi connectivity index (χ2v) is 14.9. The first kappa shape index (κ1) is 31.7. The predicted octanol–water partition coefficient (Wildman–Crippen LogP) is 14.8. The van der Waals surface area contributed by atoms with Crippen molar-refractivity contribution in [2.75, 3.05) is 0 Å². The molecule has 9 aromatic carbocycles. The average molecular weight is 727 g/mol. The summed E-state index contributed by atoms with van der Waals surface area (Å²) in [6.07, 6.45) is 0. The van der Waals surface area contributed by atoms with E-state index in [9.17, 15) is 0 Å². The molecule has 0 unspecified atom stereocenters. The third kappa shape index (κ3) is 4.92. The SMILES string of the molecule is c1ccc(-c2cccc(-n3c4ccccc4c4cc(-c5ccc6c(c5)c5ccccc5n6-c5cccc6oc7ccc(-c8ccccc8)cc7c56)ccc43)c2)cc1. The fourth-order valence-electron chi connectivity index (χ4n) is 9.10. The summed E-state index contributed by atoms with van der Waals surface area (Å²) >= 11 is 0. The maximum absolute atomic E-state index is 6.49. The van der Waals surface area contributed by atoms with Crippen LogP contribution in [0.3, 0.4) is 0 Å². The van der Waals surface area contributed by atoms with Crippen molar-refractivity contribution in [2.24, 2.45) is 0 Å². The van der Waals surface area contributed by atoms with E-state index in [0.29, 0.717) is 0 Å². The number of rotatable bonds is 5. The Kier molecular flexibility index (Phi) is 6.93. The molecule has 0 N–H and O–H groups in total. The quantitative estimate of drug-likeness (QED) is 0.173. The van der Waals surface area contributed by atoms with E-state index in [1.807, 2.05) is 0 Å². The lowest BCUT2D eigenvalue weighted by Crippen LogP contribution is -1.95. The van der Waals surface area contributed by atoms with Gasteiger partial charge >= 0.3 is 0 Å². The monoisotopic (exact) mass is 726 g/mol. The lowest BCUT2D eigenvalue weighted by Gasteiger charge is -2.11. The molecule has 0 amide bonds. The van der Waals surface area contributed by atoms with Crippen LogP contribution in [-0.2, 0) is 0 Å². The third-order valence-corrected chi connectivity index (χ3v) is 11.7. The first-order valence-corrected chi connectivity index (χ1v) is 19.5. The number of benzene rings is 9. The van der Waals surface area contributed by atoms with Crippen LogP contribution < -0.4 is 0 Å². The Balaban J connectivity index is 1.03. The number of aromatic nitrogens is 2. The lowest BCUT2D eigenvalue weighted by atomic mass is 10.0. The molecule has 57 heavy (non-hydrogen) atoms. The first-order chi connectivity index (χ1) is 28.3. The van der Waals surface area contributed by atoms with Crippen molar-refractivity contribution in [1.82, 2.24) is 9.13 Å². The summed E-state index contributed by atoms with van der Waals surface area (Å²) in [5, 5.41) is 7.16. The van der Waals surface area contributed by atoms with E-state index in [0.717, 1.165) is 38.8 Å². The molecule has 3 aromatic heterocycles. The zero-order chi connectivity index (χ0) is 37.5. The minimum Gasteiger partial charge on any atom is -0.456 e. The van der Waals surface area contributed by atoms with Gasteiger partial charge in [0.15, 0.2) is 0 Å². The Morgan fingerprint density at radius 2 is 0.772 bits per heavy atom. The second kappa shape index (κ2) is 12.5. The van der Waals surface area contributed by atoms with Crippen molar-refractivity contribution in [3.8, 4) is 44.8 Å². The second-order valence-electron chi connectivity index (χ2n) is 14.9. The van der Waals surface area contributed by atoms with Crippen LogP contribution in [-0.4, -0.2) is 9.13 Å². The Morgan fingerprint density at radius 3 is 1.46 bits per heavy atom. The summed E-state index contributed by atoms with van der Waals surface area (Å²) in [6, 6.07) is 74.4.